The summed E-state index contributed by atoms with van der Waals surface area (Å²) in [7, 11) is 0. The molecule has 0 aliphatic heterocycles. The minimum Gasteiger partial charge on any atom is -0.265 e. The molecule has 3 rings (SSSR count). The summed E-state index contributed by atoms with van der Waals surface area (Å²) >= 11 is 17.7. The molecule has 0 N–H and O–H groups in total. The van der Waals surface area contributed by atoms with E-state index in [-0.39, 0.29) is 5.82 Å². The minimum atomic E-state index is -1.62. The smallest absolute Gasteiger partial charge is 0.248 e. The van der Waals surface area contributed by atoms with Crippen molar-refractivity contribution in [3.8, 4) is 0 Å². The molecule has 0 unspecified atom stereocenters. The standard InChI is InChI=1S/C10H5Cl3N4/c11-10(12,13)9-15-7-4-2-1-3-6(7)8-16-14-5-17(8)9/h1-5H. The number of aromatic nitrogens is 4. The van der Waals surface area contributed by atoms with E-state index >= 15 is 0 Å². The lowest BCUT2D eigenvalue weighted by Gasteiger charge is -2.13. The second kappa shape index (κ2) is 3.70. The van der Waals surface area contributed by atoms with Gasteiger partial charge in [0.25, 0.3) is 0 Å². The van der Waals surface area contributed by atoms with Crippen LogP contribution in [0.4, 0.5) is 0 Å². The number of halogens is 3. The summed E-state index contributed by atoms with van der Waals surface area (Å²) in [5.41, 5.74) is 1.34. The first-order chi connectivity index (χ1) is 8.07. The maximum Gasteiger partial charge on any atom is 0.248 e. The highest BCUT2D eigenvalue weighted by Crippen LogP contribution is 2.37. The second-order valence-electron chi connectivity index (χ2n) is 3.47. The van der Waals surface area contributed by atoms with Gasteiger partial charge < -0.3 is 0 Å². The number of fused-ring (bicyclic) bond motifs is 3. The molecule has 0 saturated heterocycles. The van der Waals surface area contributed by atoms with Gasteiger partial charge in [0.1, 0.15) is 6.33 Å². The van der Waals surface area contributed by atoms with Gasteiger partial charge in [0.2, 0.25) is 3.79 Å². The van der Waals surface area contributed by atoms with Crippen molar-refractivity contribution in [2.75, 3.05) is 0 Å². The monoisotopic (exact) mass is 286 g/mol. The van der Waals surface area contributed by atoms with E-state index < -0.39 is 3.79 Å². The van der Waals surface area contributed by atoms with Crippen molar-refractivity contribution in [3.63, 3.8) is 0 Å². The zero-order valence-electron chi connectivity index (χ0n) is 8.31. The summed E-state index contributed by atoms with van der Waals surface area (Å²) in [5.74, 6) is 0.279. The fraction of sp³-hybridized carbons (Fsp3) is 0.100. The maximum atomic E-state index is 5.89. The zero-order valence-corrected chi connectivity index (χ0v) is 10.6. The Morgan fingerprint density at radius 3 is 2.65 bits per heavy atom. The van der Waals surface area contributed by atoms with Gasteiger partial charge in [0.15, 0.2) is 11.5 Å². The second-order valence-corrected chi connectivity index (χ2v) is 5.76. The fourth-order valence-electron chi connectivity index (χ4n) is 1.70. The Bertz CT molecular complexity index is 701. The number of hydrogen-bond acceptors (Lipinski definition) is 3. The van der Waals surface area contributed by atoms with Crippen LogP contribution < -0.4 is 0 Å². The summed E-state index contributed by atoms with van der Waals surface area (Å²) in [6.45, 7) is 0. The van der Waals surface area contributed by atoms with E-state index in [2.05, 4.69) is 15.2 Å². The summed E-state index contributed by atoms with van der Waals surface area (Å²) in [4.78, 5) is 4.33. The molecule has 0 aliphatic carbocycles. The Labute approximate surface area is 111 Å². The maximum absolute atomic E-state index is 5.89. The van der Waals surface area contributed by atoms with Crippen LogP contribution in [0.25, 0.3) is 16.6 Å². The van der Waals surface area contributed by atoms with Crippen LogP contribution in [0.3, 0.4) is 0 Å². The summed E-state index contributed by atoms with van der Waals surface area (Å²) in [6.07, 6.45) is 1.48. The van der Waals surface area contributed by atoms with Crippen LogP contribution in [0.1, 0.15) is 5.82 Å². The molecule has 0 fully saturated rings. The molecule has 0 saturated carbocycles. The Morgan fingerprint density at radius 1 is 1.12 bits per heavy atom. The van der Waals surface area contributed by atoms with Gasteiger partial charge in [0, 0.05) is 5.39 Å². The third kappa shape index (κ3) is 1.73. The van der Waals surface area contributed by atoms with Crippen molar-refractivity contribution in [2.24, 2.45) is 0 Å². The van der Waals surface area contributed by atoms with Gasteiger partial charge in [-0.15, -0.1) is 10.2 Å². The number of para-hydroxylation sites is 1. The molecule has 17 heavy (non-hydrogen) atoms. The van der Waals surface area contributed by atoms with Crippen LogP contribution in [0.5, 0.6) is 0 Å². The predicted octanol–water partition coefficient (Wildman–Crippen LogP) is 3.10. The first-order valence-corrected chi connectivity index (χ1v) is 5.86. The van der Waals surface area contributed by atoms with E-state index in [0.717, 1.165) is 5.39 Å². The Kier molecular flexibility index (Phi) is 2.40. The van der Waals surface area contributed by atoms with Gasteiger partial charge in [-0.25, -0.2) is 4.98 Å². The highest BCUT2D eigenvalue weighted by Gasteiger charge is 2.29. The number of nitrogens with zero attached hydrogens (tertiary/aromatic N) is 4. The molecule has 0 bridgehead atoms. The summed E-state index contributed by atoms with van der Waals surface area (Å²) < 4.78 is -0.0417. The molecule has 86 valence electrons. The van der Waals surface area contributed by atoms with E-state index in [1.165, 1.54) is 6.33 Å². The van der Waals surface area contributed by atoms with Crippen molar-refractivity contribution in [1.82, 2.24) is 19.6 Å². The van der Waals surface area contributed by atoms with Crippen LogP contribution >= 0.6 is 34.8 Å². The Morgan fingerprint density at radius 2 is 1.88 bits per heavy atom. The van der Waals surface area contributed by atoms with Crippen molar-refractivity contribution < 1.29 is 0 Å². The molecule has 0 radical (unpaired) electrons. The van der Waals surface area contributed by atoms with Crippen molar-refractivity contribution in [2.45, 2.75) is 3.79 Å². The molecular formula is C10H5Cl3N4. The molecule has 0 amide bonds. The van der Waals surface area contributed by atoms with Crippen LogP contribution in [0.2, 0.25) is 0 Å². The van der Waals surface area contributed by atoms with Crippen LogP contribution in [-0.4, -0.2) is 19.6 Å². The molecule has 7 heteroatoms. The number of benzene rings is 1. The fourth-order valence-corrected chi connectivity index (χ4v) is 2.10. The minimum absolute atomic E-state index is 0.279. The normalized spacial score (nSPS) is 12.4. The Balaban J connectivity index is 2.53. The molecule has 1 aromatic carbocycles. The van der Waals surface area contributed by atoms with Gasteiger partial charge >= 0.3 is 0 Å². The quantitative estimate of drug-likeness (QED) is 0.597. The number of rotatable bonds is 0. The summed E-state index contributed by atoms with van der Waals surface area (Å²) in [5, 5.41) is 8.70. The molecule has 0 atom stereocenters. The first-order valence-electron chi connectivity index (χ1n) is 4.73. The molecular weight excluding hydrogens is 282 g/mol. The molecule has 0 spiro atoms. The molecule has 2 aromatic heterocycles. The van der Waals surface area contributed by atoms with Gasteiger partial charge in [-0.3, -0.25) is 4.40 Å². The topological polar surface area (TPSA) is 43.1 Å². The van der Waals surface area contributed by atoms with Gasteiger partial charge in [-0.2, -0.15) is 0 Å². The van der Waals surface area contributed by atoms with Gasteiger partial charge in [0.05, 0.1) is 5.52 Å². The van der Waals surface area contributed by atoms with E-state index in [0.29, 0.717) is 11.2 Å². The first kappa shape index (κ1) is 11.0. The van der Waals surface area contributed by atoms with E-state index in [9.17, 15) is 0 Å². The lowest BCUT2D eigenvalue weighted by atomic mass is 10.2. The summed E-state index contributed by atoms with van der Waals surface area (Å²) in [6, 6.07) is 7.50. The molecule has 0 aliphatic rings. The number of hydrogen-bond donors (Lipinski definition) is 0. The van der Waals surface area contributed by atoms with Crippen molar-refractivity contribution in [1.29, 1.82) is 0 Å². The highest BCUT2D eigenvalue weighted by molar-refractivity contribution is 6.66. The molecule has 3 aromatic rings. The largest absolute Gasteiger partial charge is 0.265 e. The van der Waals surface area contributed by atoms with E-state index in [4.69, 9.17) is 34.8 Å². The van der Waals surface area contributed by atoms with Gasteiger partial charge in [-0.1, -0.05) is 46.9 Å². The average Bonchev–Trinajstić information content (AvgIpc) is 2.75. The number of alkyl halides is 3. The van der Waals surface area contributed by atoms with Crippen molar-refractivity contribution in [3.05, 3.63) is 36.4 Å². The Hall–Kier alpha value is -1.10. The van der Waals surface area contributed by atoms with Crippen LogP contribution in [-0.2, 0) is 3.79 Å². The predicted molar refractivity (Wildman–Crippen MR) is 67.5 cm³/mol. The third-order valence-corrected chi connectivity index (χ3v) is 2.91. The van der Waals surface area contributed by atoms with Crippen LogP contribution in [0, 0.1) is 0 Å². The lowest BCUT2D eigenvalue weighted by molar-refractivity contribution is 0.932. The van der Waals surface area contributed by atoms with Crippen molar-refractivity contribution >= 4 is 51.4 Å². The van der Waals surface area contributed by atoms with Gasteiger partial charge in [-0.05, 0) is 12.1 Å². The highest BCUT2D eigenvalue weighted by atomic mass is 35.6. The third-order valence-electron chi connectivity index (χ3n) is 2.40. The van der Waals surface area contributed by atoms with E-state index in [1.54, 1.807) is 4.40 Å². The molecule has 4 nitrogen and oxygen atoms in total. The average molecular weight is 288 g/mol. The zero-order chi connectivity index (χ0) is 12.0. The lowest BCUT2D eigenvalue weighted by Crippen LogP contribution is -2.11. The van der Waals surface area contributed by atoms with E-state index in [1.807, 2.05) is 24.3 Å². The van der Waals surface area contributed by atoms with Crippen LogP contribution in [0.15, 0.2) is 30.6 Å². The molecule has 2 heterocycles. The SMILES string of the molecule is ClC(Cl)(Cl)c1nc2ccccc2c2nncn12.